The van der Waals surface area contributed by atoms with E-state index in [1.165, 1.54) is 12.8 Å². The SMILES string of the molecule is NC(CN1CCCC1)c1noc(-c2ccc(Cl)c(Cl)c2)n1. The molecule has 1 unspecified atom stereocenters. The number of rotatable bonds is 4. The Hall–Kier alpha value is -1.14. The third-order valence-electron chi connectivity index (χ3n) is 3.59. The van der Waals surface area contributed by atoms with Crippen LogP contribution in [0.2, 0.25) is 10.0 Å². The lowest BCUT2D eigenvalue weighted by Gasteiger charge is -2.17. The third-order valence-corrected chi connectivity index (χ3v) is 4.33. The number of hydrogen-bond donors (Lipinski definition) is 1. The molecule has 1 atom stereocenters. The molecule has 1 aromatic heterocycles. The molecule has 1 fully saturated rings. The molecule has 0 bridgehead atoms. The van der Waals surface area contributed by atoms with Crippen molar-refractivity contribution in [3.63, 3.8) is 0 Å². The molecule has 0 amide bonds. The minimum Gasteiger partial charge on any atom is -0.334 e. The Morgan fingerprint density at radius 2 is 2.00 bits per heavy atom. The van der Waals surface area contributed by atoms with Gasteiger partial charge in [0, 0.05) is 12.1 Å². The van der Waals surface area contributed by atoms with E-state index in [9.17, 15) is 0 Å². The van der Waals surface area contributed by atoms with Gasteiger partial charge in [-0.2, -0.15) is 4.98 Å². The van der Waals surface area contributed by atoms with Crippen LogP contribution in [0.1, 0.15) is 24.7 Å². The van der Waals surface area contributed by atoms with Gasteiger partial charge in [-0.3, -0.25) is 0 Å². The van der Waals surface area contributed by atoms with Crippen LogP contribution in [0.15, 0.2) is 22.7 Å². The first-order chi connectivity index (χ1) is 10.1. The molecule has 1 saturated heterocycles. The fourth-order valence-electron chi connectivity index (χ4n) is 2.46. The number of nitrogens with zero attached hydrogens (tertiary/aromatic N) is 3. The van der Waals surface area contributed by atoms with Gasteiger partial charge in [-0.1, -0.05) is 28.4 Å². The Morgan fingerprint density at radius 1 is 1.24 bits per heavy atom. The van der Waals surface area contributed by atoms with Crippen molar-refractivity contribution in [2.24, 2.45) is 5.73 Å². The molecular formula is C14H16Cl2N4O. The summed E-state index contributed by atoms with van der Waals surface area (Å²) < 4.78 is 5.27. The van der Waals surface area contributed by atoms with Gasteiger partial charge in [-0.05, 0) is 44.1 Å². The molecule has 2 aromatic rings. The highest BCUT2D eigenvalue weighted by molar-refractivity contribution is 6.42. The van der Waals surface area contributed by atoms with Crippen molar-refractivity contribution in [2.45, 2.75) is 18.9 Å². The Bertz CT molecular complexity index is 625. The molecule has 1 aromatic carbocycles. The monoisotopic (exact) mass is 326 g/mol. The molecule has 7 heteroatoms. The van der Waals surface area contributed by atoms with Gasteiger partial charge in [-0.15, -0.1) is 0 Å². The fourth-order valence-corrected chi connectivity index (χ4v) is 2.75. The largest absolute Gasteiger partial charge is 0.334 e. The van der Waals surface area contributed by atoms with E-state index < -0.39 is 0 Å². The summed E-state index contributed by atoms with van der Waals surface area (Å²) >= 11 is 11.9. The summed E-state index contributed by atoms with van der Waals surface area (Å²) in [5, 5.41) is 4.92. The summed E-state index contributed by atoms with van der Waals surface area (Å²) in [7, 11) is 0. The van der Waals surface area contributed by atoms with Crippen LogP contribution in [0.5, 0.6) is 0 Å². The predicted octanol–water partition coefficient (Wildman–Crippen LogP) is 3.14. The lowest BCUT2D eigenvalue weighted by molar-refractivity contribution is 0.306. The zero-order valence-electron chi connectivity index (χ0n) is 11.4. The molecule has 0 saturated carbocycles. The van der Waals surface area contributed by atoms with Crippen LogP contribution in [0, 0.1) is 0 Å². The van der Waals surface area contributed by atoms with E-state index in [2.05, 4.69) is 15.0 Å². The molecule has 0 aliphatic carbocycles. The zero-order valence-corrected chi connectivity index (χ0v) is 12.9. The first-order valence-electron chi connectivity index (χ1n) is 6.90. The lowest BCUT2D eigenvalue weighted by atomic mass is 10.2. The maximum atomic E-state index is 6.15. The summed E-state index contributed by atoms with van der Waals surface area (Å²) in [6.45, 7) is 2.93. The number of nitrogens with two attached hydrogens (primary N) is 1. The molecule has 3 rings (SSSR count). The van der Waals surface area contributed by atoms with Crippen molar-refractivity contribution in [1.82, 2.24) is 15.0 Å². The predicted molar refractivity (Wildman–Crippen MR) is 82.4 cm³/mol. The Labute approximate surface area is 133 Å². The highest BCUT2D eigenvalue weighted by Gasteiger charge is 2.20. The molecule has 0 spiro atoms. The third kappa shape index (κ3) is 3.37. The van der Waals surface area contributed by atoms with Gasteiger partial charge in [0.1, 0.15) is 0 Å². The maximum absolute atomic E-state index is 6.15. The van der Waals surface area contributed by atoms with E-state index in [4.69, 9.17) is 33.5 Å². The van der Waals surface area contributed by atoms with Crippen LogP contribution in [-0.4, -0.2) is 34.7 Å². The minimum absolute atomic E-state index is 0.247. The molecule has 112 valence electrons. The van der Waals surface area contributed by atoms with Crippen molar-refractivity contribution < 1.29 is 4.52 Å². The van der Waals surface area contributed by atoms with E-state index in [1.54, 1.807) is 18.2 Å². The average molecular weight is 327 g/mol. The summed E-state index contributed by atoms with van der Waals surface area (Å²) in [6.07, 6.45) is 2.46. The Kier molecular flexibility index (Phi) is 4.45. The van der Waals surface area contributed by atoms with Crippen LogP contribution in [0.25, 0.3) is 11.5 Å². The van der Waals surface area contributed by atoms with E-state index in [0.717, 1.165) is 25.2 Å². The molecule has 0 radical (unpaired) electrons. The van der Waals surface area contributed by atoms with Crippen molar-refractivity contribution in [3.05, 3.63) is 34.1 Å². The van der Waals surface area contributed by atoms with E-state index in [0.29, 0.717) is 21.8 Å². The lowest BCUT2D eigenvalue weighted by Crippen LogP contribution is -2.30. The summed E-state index contributed by atoms with van der Waals surface area (Å²) in [5.74, 6) is 0.920. The zero-order chi connectivity index (χ0) is 14.8. The van der Waals surface area contributed by atoms with Crippen LogP contribution >= 0.6 is 23.2 Å². The van der Waals surface area contributed by atoms with Gasteiger partial charge in [0.05, 0.1) is 16.1 Å². The van der Waals surface area contributed by atoms with E-state index in [-0.39, 0.29) is 6.04 Å². The number of likely N-dealkylation sites (tertiary alicyclic amines) is 1. The molecule has 5 nitrogen and oxygen atoms in total. The molecular weight excluding hydrogens is 311 g/mol. The van der Waals surface area contributed by atoms with Crippen LogP contribution < -0.4 is 5.73 Å². The highest BCUT2D eigenvalue weighted by atomic mass is 35.5. The van der Waals surface area contributed by atoms with E-state index >= 15 is 0 Å². The van der Waals surface area contributed by atoms with Gasteiger partial charge >= 0.3 is 0 Å². The second-order valence-corrected chi connectivity index (χ2v) is 6.02. The molecule has 21 heavy (non-hydrogen) atoms. The quantitative estimate of drug-likeness (QED) is 0.934. The second-order valence-electron chi connectivity index (χ2n) is 5.20. The number of aromatic nitrogens is 2. The van der Waals surface area contributed by atoms with E-state index in [1.807, 2.05) is 0 Å². The smallest absolute Gasteiger partial charge is 0.258 e. The van der Waals surface area contributed by atoms with Gasteiger partial charge < -0.3 is 15.2 Å². The maximum Gasteiger partial charge on any atom is 0.258 e. The molecule has 1 aliphatic rings. The summed E-state index contributed by atoms with van der Waals surface area (Å²) in [4.78, 5) is 6.68. The molecule has 1 aliphatic heterocycles. The molecule has 2 heterocycles. The number of hydrogen-bond acceptors (Lipinski definition) is 5. The topological polar surface area (TPSA) is 68.2 Å². The van der Waals surface area contributed by atoms with Crippen LogP contribution in [0.4, 0.5) is 0 Å². The standard InChI is InChI=1S/C14H16Cl2N4O/c15-10-4-3-9(7-11(10)16)14-18-13(19-21-14)12(17)8-20-5-1-2-6-20/h3-4,7,12H,1-2,5-6,8,17H2. The summed E-state index contributed by atoms with van der Waals surface area (Å²) in [5.41, 5.74) is 6.88. The van der Waals surface area contributed by atoms with Crippen molar-refractivity contribution in [1.29, 1.82) is 0 Å². The highest BCUT2D eigenvalue weighted by Crippen LogP contribution is 2.28. The average Bonchev–Trinajstić information content (AvgIpc) is 3.12. The second kappa shape index (κ2) is 6.32. The first kappa shape index (κ1) is 14.8. The Morgan fingerprint density at radius 3 is 2.71 bits per heavy atom. The number of halogens is 2. The van der Waals surface area contributed by atoms with Crippen molar-refractivity contribution >= 4 is 23.2 Å². The minimum atomic E-state index is -0.247. The van der Waals surface area contributed by atoms with Gasteiger partial charge in [0.2, 0.25) is 0 Å². The van der Waals surface area contributed by atoms with Gasteiger partial charge in [0.25, 0.3) is 5.89 Å². The fraction of sp³-hybridized carbons (Fsp3) is 0.429. The molecule has 2 N–H and O–H groups in total. The van der Waals surface area contributed by atoms with Crippen LogP contribution in [-0.2, 0) is 0 Å². The first-order valence-corrected chi connectivity index (χ1v) is 7.66. The summed E-state index contributed by atoms with van der Waals surface area (Å²) in [6, 6.07) is 4.95. The van der Waals surface area contributed by atoms with Crippen molar-refractivity contribution in [3.8, 4) is 11.5 Å². The van der Waals surface area contributed by atoms with Crippen LogP contribution in [0.3, 0.4) is 0 Å². The Balaban J connectivity index is 1.74. The van der Waals surface area contributed by atoms with Gasteiger partial charge in [0.15, 0.2) is 5.82 Å². The van der Waals surface area contributed by atoms with Gasteiger partial charge in [-0.25, -0.2) is 0 Å². The number of benzene rings is 1. The van der Waals surface area contributed by atoms with Crippen molar-refractivity contribution in [2.75, 3.05) is 19.6 Å². The normalized spacial score (nSPS) is 17.3.